The van der Waals surface area contributed by atoms with Crippen molar-refractivity contribution in [3.05, 3.63) is 98.2 Å². The van der Waals surface area contributed by atoms with Crippen LogP contribution in [0, 0.1) is 19.7 Å². The summed E-state index contributed by atoms with van der Waals surface area (Å²) in [5.41, 5.74) is 3.74. The van der Waals surface area contributed by atoms with Gasteiger partial charge in [-0.15, -0.1) is 0 Å². The van der Waals surface area contributed by atoms with Crippen LogP contribution < -0.4 is 5.56 Å². The summed E-state index contributed by atoms with van der Waals surface area (Å²) in [6.07, 6.45) is 4.44. The lowest BCUT2D eigenvalue weighted by Crippen LogP contribution is -2.56. The molecule has 1 aromatic heterocycles. The Morgan fingerprint density at radius 3 is 2.61 bits per heavy atom. The van der Waals surface area contributed by atoms with Crippen molar-refractivity contribution in [1.82, 2.24) is 20.0 Å². The van der Waals surface area contributed by atoms with Crippen molar-refractivity contribution in [3.63, 3.8) is 0 Å². The number of aromatic nitrogens is 2. The molecule has 8 heteroatoms. The number of hydrogen-bond donors (Lipinski definition) is 1. The maximum atomic E-state index is 14.8. The molecule has 7 nitrogen and oxygen atoms in total. The van der Waals surface area contributed by atoms with Crippen LogP contribution in [0.15, 0.2) is 53.3 Å². The van der Waals surface area contributed by atoms with Gasteiger partial charge < -0.3 is 9.80 Å². The van der Waals surface area contributed by atoms with Gasteiger partial charge in [0.1, 0.15) is 12.4 Å². The number of benzene rings is 2. The number of carbonyl (C=O) groups excluding carboxylic acids is 2. The fourth-order valence-electron chi connectivity index (χ4n) is 5.78. The molecule has 2 heterocycles. The largest absolute Gasteiger partial charge is 0.336 e. The Hall–Kier alpha value is -3.81. The van der Waals surface area contributed by atoms with Crippen molar-refractivity contribution in [2.75, 3.05) is 19.6 Å². The lowest BCUT2D eigenvalue weighted by Gasteiger charge is -2.42. The topological polar surface area (TPSA) is 86.4 Å². The van der Waals surface area contributed by atoms with Crippen LogP contribution in [0.25, 0.3) is 0 Å². The van der Waals surface area contributed by atoms with E-state index in [0.29, 0.717) is 42.2 Å². The zero-order chi connectivity index (χ0) is 26.8. The smallest absolute Gasteiger partial charge is 0.267 e. The molecule has 2 unspecified atom stereocenters. The molecular formula is C30H33FN4O3. The number of carbonyl (C=O) groups is 2. The molecule has 1 saturated heterocycles. The number of rotatable bonds is 5. The fourth-order valence-corrected chi connectivity index (χ4v) is 5.78. The minimum Gasteiger partial charge on any atom is -0.336 e. The molecule has 2 aliphatic rings. The van der Waals surface area contributed by atoms with Gasteiger partial charge in [-0.05, 0) is 67.9 Å². The number of amides is 2. The first-order valence-electron chi connectivity index (χ1n) is 13.3. The first-order valence-corrected chi connectivity index (χ1v) is 13.3. The van der Waals surface area contributed by atoms with Crippen LogP contribution >= 0.6 is 0 Å². The molecule has 0 spiro atoms. The average Bonchev–Trinajstić information content (AvgIpc) is 2.94. The van der Waals surface area contributed by atoms with Crippen molar-refractivity contribution in [2.24, 2.45) is 0 Å². The van der Waals surface area contributed by atoms with E-state index in [1.165, 1.54) is 22.6 Å². The van der Waals surface area contributed by atoms with Crippen LogP contribution in [0.1, 0.15) is 69.9 Å². The lowest BCUT2D eigenvalue weighted by molar-refractivity contribution is -0.138. The van der Waals surface area contributed by atoms with E-state index in [1.54, 1.807) is 13.0 Å². The number of piperazine rings is 1. The molecular weight excluding hydrogens is 483 g/mol. The molecule has 1 aliphatic heterocycles. The van der Waals surface area contributed by atoms with Crippen molar-refractivity contribution < 1.29 is 14.0 Å². The third-order valence-corrected chi connectivity index (χ3v) is 8.16. The van der Waals surface area contributed by atoms with Crippen LogP contribution in [0.4, 0.5) is 4.39 Å². The second-order valence-corrected chi connectivity index (χ2v) is 10.5. The summed E-state index contributed by atoms with van der Waals surface area (Å²) in [4.78, 5) is 41.7. The van der Waals surface area contributed by atoms with E-state index in [-0.39, 0.29) is 29.6 Å². The zero-order valence-electron chi connectivity index (χ0n) is 21.9. The SMILES string of the molecule is Cc1c(Cc2ccc(F)c(C(=O)N3CCN(C4CCCC(c5ccccc5)C4)C(=O)C3)c2)n[nH]c(=O)c1C. The van der Waals surface area contributed by atoms with E-state index in [2.05, 4.69) is 34.5 Å². The lowest BCUT2D eigenvalue weighted by atomic mass is 9.80. The number of hydrogen-bond acceptors (Lipinski definition) is 4. The predicted molar refractivity (Wildman–Crippen MR) is 143 cm³/mol. The van der Waals surface area contributed by atoms with Crippen LogP contribution in [-0.2, 0) is 11.2 Å². The molecule has 1 aliphatic carbocycles. The number of halogens is 1. The molecule has 2 fully saturated rings. The Kier molecular flexibility index (Phi) is 7.40. The Labute approximate surface area is 221 Å². The van der Waals surface area contributed by atoms with Gasteiger partial charge in [-0.2, -0.15) is 5.10 Å². The van der Waals surface area contributed by atoms with Gasteiger partial charge in [0.05, 0.1) is 11.3 Å². The van der Waals surface area contributed by atoms with E-state index in [1.807, 2.05) is 17.9 Å². The highest BCUT2D eigenvalue weighted by atomic mass is 19.1. The molecule has 198 valence electrons. The van der Waals surface area contributed by atoms with Gasteiger partial charge >= 0.3 is 0 Å². The molecule has 38 heavy (non-hydrogen) atoms. The standard InChI is InChI=1S/C30H33FN4O3/c1-19-20(2)29(37)33-32-27(19)16-21-11-12-26(31)25(15-21)30(38)34-13-14-35(28(36)18-34)24-10-6-9-23(17-24)22-7-4-3-5-8-22/h3-5,7-8,11-12,15,23-24H,6,9-10,13-14,16-18H2,1-2H3,(H,33,37). The average molecular weight is 517 g/mol. The summed E-state index contributed by atoms with van der Waals surface area (Å²) in [5, 5.41) is 6.61. The van der Waals surface area contributed by atoms with Crippen molar-refractivity contribution in [2.45, 2.75) is 57.9 Å². The normalized spacial score (nSPS) is 20.0. The number of H-pyrrole nitrogens is 1. The van der Waals surface area contributed by atoms with Gasteiger partial charge in [0.2, 0.25) is 5.91 Å². The first kappa shape index (κ1) is 25.8. The molecule has 0 radical (unpaired) electrons. The van der Waals surface area contributed by atoms with Gasteiger partial charge in [0.15, 0.2) is 0 Å². The Morgan fingerprint density at radius 2 is 1.84 bits per heavy atom. The van der Waals surface area contributed by atoms with Crippen molar-refractivity contribution >= 4 is 11.8 Å². The highest BCUT2D eigenvalue weighted by Gasteiger charge is 2.35. The van der Waals surface area contributed by atoms with E-state index in [4.69, 9.17) is 0 Å². The Balaban J connectivity index is 1.26. The highest BCUT2D eigenvalue weighted by Crippen LogP contribution is 2.35. The summed E-state index contributed by atoms with van der Waals surface area (Å²) in [5.74, 6) is -0.744. The minimum atomic E-state index is -0.617. The fraction of sp³-hybridized carbons (Fsp3) is 0.400. The third kappa shape index (κ3) is 5.26. The Bertz CT molecular complexity index is 1400. The van der Waals surface area contributed by atoms with Gasteiger partial charge in [-0.3, -0.25) is 14.4 Å². The number of aromatic amines is 1. The molecule has 2 amide bonds. The molecule has 0 bridgehead atoms. The van der Waals surface area contributed by atoms with Gasteiger partial charge in [-0.1, -0.05) is 42.8 Å². The zero-order valence-corrected chi connectivity index (χ0v) is 21.9. The second-order valence-electron chi connectivity index (χ2n) is 10.5. The minimum absolute atomic E-state index is 0.0468. The van der Waals surface area contributed by atoms with E-state index < -0.39 is 11.7 Å². The summed E-state index contributed by atoms with van der Waals surface area (Å²) >= 11 is 0. The molecule has 2 atom stereocenters. The van der Waals surface area contributed by atoms with E-state index in [0.717, 1.165) is 31.2 Å². The number of nitrogens with one attached hydrogen (secondary N) is 1. The summed E-state index contributed by atoms with van der Waals surface area (Å²) in [6.45, 7) is 4.33. The maximum absolute atomic E-state index is 14.8. The van der Waals surface area contributed by atoms with E-state index >= 15 is 0 Å². The van der Waals surface area contributed by atoms with Gasteiger partial charge in [-0.25, -0.2) is 9.49 Å². The van der Waals surface area contributed by atoms with Crippen LogP contribution in [0.3, 0.4) is 0 Å². The van der Waals surface area contributed by atoms with Crippen molar-refractivity contribution in [3.8, 4) is 0 Å². The summed E-state index contributed by atoms with van der Waals surface area (Å²) < 4.78 is 14.8. The van der Waals surface area contributed by atoms with Crippen LogP contribution in [0.2, 0.25) is 0 Å². The molecule has 5 rings (SSSR count). The van der Waals surface area contributed by atoms with Crippen LogP contribution in [-0.4, -0.2) is 57.5 Å². The van der Waals surface area contributed by atoms with Crippen LogP contribution in [0.5, 0.6) is 0 Å². The molecule has 1 saturated carbocycles. The Morgan fingerprint density at radius 1 is 1.05 bits per heavy atom. The second kappa shape index (κ2) is 10.9. The molecule has 1 N–H and O–H groups in total. The summed E-state index contributed by atoms with van der Waals surface area (Å²) in [6, 6.07) is 15.0. The predicted octanol–water partition coefficient (Wildman–Crippen LogP) is 4.13. The van der Waals surface area contributed by atoms with Crippen molar-refractivity contribution in [1.29, 1.82) is 0 Å². The molecule has 3 aromatic rings. The maximum Gasteiger partial charge on any atom is 0.267 e. The van der Waals surface area contributed by atoms with Gasteiger partial charge in [0.25, 0.3) is 11.5 Å². The van der Waals surface area contributed by atoms with E-state index in [9.17, 15) is 18.8 Å². The first-order chi connectivity index (χ1) is 18.3. The van der Waals surface area contributed by atoms with Gasteiger partial charge in [0, 0.05) is 31.1 Å². The number of nitrogens with zero attached hydrogens (tertiary/aromatic N) is 3. The quantitative estimate of drug-likeness (QED) is 0.553. The summed E-state index contributed by atoms with van der Waals surface area (Å²) in [7, 11) is 0. The molecule has 2 aromatic carbocycles. The third-order valence-electron chi connectivity index (χ3n) is 8.16. The monoisotopic (exact) mass is 516 g/mol. The highest BCUT2D eigenvalue weighted by molar-refractivity contribution is 5.97.